The third kappa shape index (κ3) is 3.73. The Labute approximate surface area is 125 Å². The number of hydrogen-bond donors (Lipinski definition) is 4. The first kappa shape index (κ1) is 14.9. The van der Waals surface area contributed by atoms with Crippen LogP contribution in [0.5, 0.6) is 5.75 Å². The number of urea groups is 1. The molecule has 0 aliphatic carbocycles. The van der Waals surface area contributed by atoms with Gasteiger partial charge in [-0.05, 0) is 36.1 Å². The molecule has 2 aromatic rings. The van der Waals surface area contributed by atoms with Gasteiger partial charge in [-0.2, -0.15) is 0 Å². The molecule has 2 amide bonds. The molecule has 21 heavy (non-hydrogen) atoms. The van der Waals surface area contributed by atoms with Crippen molar-refractivity contribution in [2.45, 2.75) is 13.5 Å². The van der Waals surface area contributed by atoms with Crippen molar-refractivity contribution in [2.24, 2.45) is 0 Å². The first-order valence-corrected chi connectivity index (χ1v) is 6.99. The molecule has 0 saturated carbocycles. The maximum atomic E-state index is 11.7. The second-order valence-corrected chi connectivity index (χ2v) is 5.37. The molecule has 0 radical (unpaired) electrons. The maximum absolute atomic E-state index is 11.7. The lowest BCUT2D eigenvalue weighted by atomic mass is 10.2. The normalized spacial score (nSPS) is 10.1. The molecule has 0 fully saturated rings. The highest BCUT2D eigenvalue weighted by Gasteiger charge is 2.11. The molecule has 0 spiro atoms. The molecular formula is C14H14N2O4S. The van der Waals surface area contributed by atoms with Gasteiger partial charge in [0.1, 0.15) is 11.3 Å². The van der Waals surface area contributed by atoms with Crippen LogP contribution in [0.2, 0.25) is 0 Å². The number of phenols is 1. The van der Waals surface area contributed by atoms with Gasteiger partial charge in [0.2, 0.25) is 0 Å². The van der Waals surface area contributed by atoms with Gasteiger partial charge in [-0.15, -0.1) is 11.3 Å². The molecule has 110 valence electrons. The number of rotatable bonds is 4. The average molecular weight is 306 g/mol. The SMILES string of the molecule is Cc1ccsc1CNC(=O)Nc1ccc(C(=O)O)c(O)c1. The van der Waals surface area contributed by atoms with Crippen molar-refractivity contribution in [1.29, 1.82) is 0 Å². The molecule has 2 rings (SSSR count). The van der Waals surface area contributed by atoms with E-state index in [-0.39, 0.29) is 5.56 Å². The van der Waals surface area contributed by atoms with Gasteiger partial charge in [-0.1, -0.05) is 0 Å². The number of hydrogen-bond acceptors (Lipinski definition) is 4. The number of carboxylic acids is 1. The number of aromatic carboxylic acids is 1. The van der Waals surface area contributed by atoms with Crippen LogP contribution in [0.25, 0.3) is 0 Å². The number of aromatic hydroxyl groups is 1. The molecule has 0 atom stereocenters. The summed E-state index contributed by atoms with van der Waals surface area (Å²) in [6.07, 6.45) is 0. The van der Waals surface area contributed by atoms with Crippen LogP contribution in [0.15, 0.2) is 29.6 Å². The smallest absolute Gasteiger partial charge is 0.339 e. The van der Waals surface area contributed by atoms with E-state index in [0.717, 1.165) is 10.4 Å². The fourth-order valence-electron chi connectivity index (χ4n) is 1.71. The lowest BCUT2D eigenvalue weighted by molar-refractivity contribution is 0.0694. The van der Waals surface area contributed by atoms with Crippen molar-refractivity contribution >= 4 is 29.0 Å². The van der Waals surface area contributed by atoms with E-state index in [0.29, 0.717) is 12.2 Å². The van der Waals surface area contributed by atoms with Crippen LogP contribution >= 0.6 is 11.3 Å². The minimum Gasteiger partial charge on any atom is -0.507 e. The van der Waals surface area contributed by atoms with Crippen molar-refractivity contribution < 1.29 is 19.8 Å². The van der Waals surface area contributed by atoms with Crippen molar-refractivity contribution in [3.05, 3.63) is 45.6 Å². The van der Waals surface area contributed by atoms with Crippen LogP contribution in [-0.4, -0.2) is 22.2 Å². The Bertz CT molecular complexity index is 681. The molecule has 0 saturated heterocycles. The molecular weight excluding hydrogens is 292 g/mol. The third-order valence-electron chi connectivity index (χ3n) is 2.86. The molecule has 0 aliphatic rings. The first-order chi connectivity index (χ1) is 9.97. The van der Waals surface area contributed by atoms with Crippen LogP contribution < -0.4 is 10.6 Å². The Morgan fingerprint density at radius 1 is 1.29 bits per heavy atom. The van der Waals surface area contributed by atoms with Gasteiger partial charge in [0.25, 0.3) is 0 Å². The number of anilines is 1. The number of benzene rings is 1. The number of carbonyl (C=O) groups excluding carboxylic acids is 1. The van der Waals surface area contributed by atoms with Crippen molar-refractivity contribution in [1.82, 2.24) is 5.32 Å². The molecule has 0 bridgehead atoms. The average Bonchev–Trinajstić information content (AvgIpc) is 2.81. The first-order valence-electron chi connectivity index (χ1n) is 6.11. The lowest BCUT2D eigenvalue weighted by Crippen LogP contribution is -2.28. The van der Waals surface area contributed by atoms with Crippen LogP contribution in [0.4, 0.5) is 10.5 Å². The van der Waals surface area contributed by atoms with Crippen molar-refractivity contribution in [3.8, 4) is 5.75 Å². The van der Waals surface area contributed by atoms with Crippen LogP contribution in [0.3, 0.4) is 0 Å². The predicted octanol–water partition coefficient (Wildman–Crippen LogP) is 2.78. The van der Waals surface area contributed by atoms with Gasteiger partial charge >= 0.3 is 12.0 Å². The summed E-state index contributed by atoms with van der Waals surface area (Å²) < 4.78 is 0. The second-order valence-electron chi connectivity index (χ2n) is 4.37. The van der Waals surface area contributed by atoms with Gasteiger partial charge in [0.15, 0.2) is 0 Å². The Kier molecular flexibility index (Phi) is 4.44. The summed E-state index contributed by atoms with van der Waals surface area (Å²) in [6.45, 7) is 2.38. The van der Waals surface area contributed by atoms with E-state index in [1.807, 2.05) is 18.4 Å². The van der Waals surface area contributed by atoms with Crippen LogP contribution in [-0.2, 0) is 6.54 Å². The number of thiophene rings is 1. The van der Waals surface area contributed by atoms with E-state index in [2.05, 4.69) is 10.6 Å². The van der Waals surface area contributed by atoms with E-state index in [1.165, 1.54) is 18.2 Å². The van der Waals surface area contributed by atoms with Gasteiger partial charge in [0.05, 0.1) is 6.54 Å². The number of carbonyl (C=O) groups is 2. The Hall–Kier alpha value is -2.54. The molecule has 0 unspecified atom stereocenters. The number of carboxylic acid groups (broad SMARTS) is 1. The van der Waals surface area contributed by atoms with E-state index in [1.54, 1.807) is 11.3 Å². The molecule has 1 aromatic carbocycles. The fraction of sp³-hybridized carbons (Fsp3) is 0.143. The monoisotopic (exact) mass is 306 g/mol. The lowest BCUT2D eigenvalue weighted by Gasteiger charge is -2.08. The molecule has 6 nitrogen and oxygen atoms in total. The third-order valence-corrected chi connectivity index (χ3v) is 3.89. The Balaban J connectivity index is 1.95. The number of nitrogens with one attached hydrogen (secondary N) is 2. The minimum absolute atomic E-state index is 0.213. The van der Waals surface area contributed by atoms with Crippen molar-refractivity contribution in [2.75, 3.05) is 5.32 Å². The zero-order valence-corrected chi connectivity index (χ0v) is 12.0. The molecule has 1 heterocycles. The minimum atomic E-state index is -1.23. The number of amides is 2. The molecule has 4 N–H and O–H groups in total. The van der Waals surface area contributed by atoms with Gasteiger partial charge in [-0.3, -0.25) is 0 Å². The summed E-state index contributed by atoms with van der Waals surface area (Å²) in [5.74, 6) is -1.62. The summed E-state index contributed by atoms with van der Waals surface area (Å²) in [5, 5.41) is 25.5. The largest absolute Gasteiger partial charge is 0.507 e. The highest BCUT2D eigenvalue weighted by Crippen LogP contribution is 2.22. The Morgan fingerprint density at radius 2 is 2.05 bits per heavy atom. The highest BCUT2D eigenvalue weighted by molar-refractivity contribution is 7.10. The topological polar surface area (TPSA) is 98.7 Å². The zero-order chi connectivity index (χ0) is 15.4. The zero-order valence-electron chi connectivity index (χ0n) is 11.2. The van der Waals surface area contributed by atoms with Crippen molar-refractivity contribution in [3.63, 3.8) is 0 Å². The predicted molar refractivity (Wildman–Crippen MR) is 80.0 cm³/mol. The summed E-state index contributed by atoms with van der Waals surface area (Å²) in [6, 6.07) is 5.39. The van der Waals surface area contributed by atoms with E-state index in [9.17, 15) is 14.7 Å². The summed E-state index contributed by atoms with van der Waals surface area (Å²) in [7, 11) is 0. The van der Waals surface area contributed by atoms with Gasteiger partial charge in [-0.25, -0.2) is 9.59 Å². The van der Waals surface area contributed by atoms with Gasteiger partial charge < -0.3 is 20.8 Å². The summed E-state index contributed by atoms with van der Waals surface area (Å²) in [5.41, 5.74) is 1.22. The maximum Gasteiger partial charge on any atom is 0.339 e. The molecule has 0 aliphatic heterocycles. The molecule has 7 heteroatoms. The highest BCUT2D eigenvalue weighted by atomic mass is 32.1. The van der Waals surface area contributed by atoms with E-state index in [4.69, 9.17) is 5.11 Å². The van der Waals surface area contributed by atoms with Crippen LogP contribution in [0, 0.1) is 6.92 Å². The standard InChI is InChI=1S/C14H14N2O4S/c1-8-4-5-21-12(8)7-15-14(20)16-9-2-3-10(13(18)19)11(17)6-9/h2-6,17H,7H2,1H3,(H,18,19)(H2,15,16,20). The summed E-state index contributed by atoms with van der Waals surface area (Å²) >= 11 is 1.56. The van der Waals surface area contributed by atoms with E-state index >= 15 is 0 Å². The van der Waals surface area contributed by atoms with Crippen LogP contribution in [0.1, 0.15) is 20.8 Å². The Morgan fingerprint density at radius 3 is 2.62 bits per heavy atom. The quantitative estimate of drug-likeness (QED) is 0.698. The fourth-order valence-corrected chi connectivity index (χ4v) is 2.56. The second kappa shape index (κ2) is 6.27. The summed E-state index contributed by atoms with van der Waals surface area (Å²) in [4.78, 5) is 23.6. The van der Waals surface area contributed by atoms with Gasteiger partial charge in [0, 0.05) is 16.6 Å². The molecule has 1 aromatic heterocycles. The van der Waals surface area contributed by atoms with E-state index < -0.39 is 17.7 Å². The number of aryl methyl sites for hydroxylation is 1.